The maximum absolute atomic E-state index is 11.7. The second kappa shape index (κ2) is 6.99. The SMILES string of the molecule is CCNC(=O)c1ccc(N)c(NCC(O)C(C)C)c1. The number of hydrogen-bond acceptors (Lipinski definition) is 4. The third-order valence-corrected chi connectivity index (χ3v) is 2.92. The first kappa shape index (κ1) is 15.3. The van der Waals surface area contributed by atoms with Crippen LogP contribution in [0.4, 0.5) is 11.4 Å². The fourth-order valence-corrected chi connectivity index (χ4v) is 1.56. The van der Waals surface area contributed by atoms with Crippen LogP contribution in [0.1, 0.15) is 31.1 Å². The van der Waals surface area contributed by atoms with Gasteiger partial charge in [0.15, 0.2) is 0 Å². The molecule has 0 aliphatic carbocycles. The van der Waals surface area contributed by atoms with E-state index in [2.05, 4.69) is 10.6 Å². The number of carbonyl (C=O) groups excluding carboxylic acids is 1. The number of aliphatic hydroxyl groups is 1. The number of carbonyl (C=O) groups is 1. The van der Waals surface area contributed by atoms with Crippen LogP contribution in [-0.4, -0.2) is 30.2 Å². The van der Waals surface area contributed by atoms with E-state index in [4.69, 9.17) is 5.73 Å². The highest BCUT2D eigenvalue weighted by molar-refractivity contribution is 5.96. The predicted octanol–water partition coefficient (Wildman–Crippen LogP) is 1.45. The number of amides is 1. The van der Waals surface area contributed by atoms with Gasteiger partial charge in [-0.05, 0) is 31.0 Å². The first-order valence-electron chi connectivity index (χ1n) is 6.55. The lowest BCUT2D eigenvalue weighted by molar-refractivity contribution is 0.0956. The predicted molar refractivity (Wildman–Crippen MR) is 78.2 cm³/mol. The van der Waals surface area contributed by atoms with Crippen LogP contribution in [0.3, 0.4) is 0 Å². The van der Waals surface area contributed by atoms with Crippen LogP contribution in [0.25, 0.3) is 0 Å². The molecule has 0 saturated heterocycles. The van der Waals surface area contributed by atoms with Gasteiger partial charge in [0.05, 0.1) is 17.5 Å². The zero-order valence-corrected chi connectivity index (χ0v) is 11.7. The summed E-state index contributed by atoms with van der Waals surface area (Å²) >= 11 is 0. The molecule has 0 radical (unpaired) electrons. The van der Waals surface area contributed by atoms with Crippen molar-refractivity contribution in [1.29, 1.82) is 0 Å². The summed E-state index contributed by atoms with van der Waals surface area (Å²) < 4.78 is 0. The molecular formula is C14H23N3O2. The highest BCUT2D eigenvalue weighted by Gasteiger charge is 2.11. The Morgan fingerprint density at radius 3 is 2.68 bits per heavy atom. The van der Waals surface area contributed by atoms with Gasteiger partial charge in [-0.3, -0.25) is 4.79 Å². The van der Waals surface area contributed by atoms with Crippen molar-refractivity contribution in [2.45, 2.75) is 26.9 Å². The molecule has 1 aromatic carbocycles. The first-order valence-corrected chi connectivity index (χ1v) is 6.55. The van der Waals surface area contributed by atoms with Crippen molar-refractivity contribution in [3.05, 3.63) is 23.8 Å². The van der Waals surface area contributed by atoms with Gasteiger partial charge in [0, 0.05) is 18.7 Å². The molecule has 106 valence electrons. The van der Waals surface area contributed by atoms with Crippen LogP contribution < -0.4 is 16.4 Å². The summed E-state index contributed by atoms with van der Waals surface area (Å²) in [6.45, 7) is 6.74. The minimum Gasteiger partial charge on any atom is -0.397 e. The Morgan fingerprint density at radius 1 is 1.42 bits per heavy atom. The van der Waals surface area contributed by atoms with Crippen LogP contribution in [0, 0.1) is 5.92 Å². The molecule has 0 aromatic heterocycles. The molecule has 0 saturated carbocycles. The van der Waals surface area contributed by atoms with Crippen molar-refractivity contribution < 1.29 is 9.90 Å². The van der Waals surface area contributed by atoms with Gasteiger partial charge in [0.1, 0.15) is 0 Å². The Bertz CT molecular complexity index is 433. The largest absolute Gasteiger partial charge is 0.397 e. The highest BCUT2D eigenvalue weighted by Crippen LogP contribution is 2.20. The smallest absolute Gasteiger partial charge is 0.251 e. The molecular weight excluding hydrogens is 242 g/mol. The van der Waals surface area contributed by atoms with E-state index < -0.39 is 6.10 Å². The summed E-state index contributed by atoms with van der Waals surface area (Å²) in [4.78, 5) is 11.7. The number of hydrogen-bond donors (Lipinski definition) is 4. The van der Waals surface area contributed by atoms with Crippen LogP contribution in [0.15, 0.2) is 18.2 Å². The molecule has 1 aromatic rings. The molecule has 1 rings (SSSR count). The van der Waals surface area contributed by atoms with Crippen LogP contribution in [-0.2, 0) is 0 Å². The molecule has 0 bridgehead atoms. The molecule has 0 spiro atoms. The van der Waals surface area contributed by atoms with Gasteiger partial charge in [-0.15, -0.1) is 0 Å². The molecule has 0 aliphatic rings. The molecule has 0 heterocycles. The van der Waals surface area contributed by atoms with Crippen LogP contribution in [0.5, 0.6) is 0 Å². The summed E-state index contributed by atoms with van der Waals surface area (Å²) in [5, 5.41) is 15.6. The molecule has 1 amide bonds. The van der Waals surface area contributed by atoms with E-state index in [9.17, 15) is 9.90 Å². The monoisotopic (exact) mass is 265 g/mol. The van der Waals surface area contributed by atoms with Gasteiger partial charge in [-0.25, -0.2) is 0 Å². The van der Waals surface area contributed by atoms with Crippen molar-refractivity contribution in [3.63, 3.8) is 0 Å². The summed E-state index contributed by atoms with van der Waals surface area (Å²) in [5.74, 6) is 0.0373. The van der Waals surface area contributed by atoms with Gasteiger partial charge in [0.25, 0.3) is 5.91 Å². The topological polar surface area (TPSA) is 87.4 Å². The van der Waals surface area contributed by atoms with Crippen LogP contribution >= 0.6 is 0 Å². The molecule has 19 heavy (non-hydrogen) atoms. The Balaban J connectivity index is 2.77. The second-order valence-electron chi connectivity index (χ2n) is 4.85. The van der Waals surface area contributed by atoms with Gasteiger partial charge in [-0.1, -0.05) is 13.8 Å². The van der Waals surface area contributed by atoms with Gasteiger partial charge in [0.2, 0.25) is 0 Å². The van der Waals surface area contributed by atoms with Crippen molar-refractivity contribution in [2.75, 3.05) is 24.1 Å². The number of nitrogen functional groups attached to an aromatic ring is 1. The lowest BCUT2D eigenvalue weighted by Crippen LogP contribution is -2.26. The lowest BCUT2D eigenvalue weighted by atomic mass is 10.1. The minimum absolute atomic E-state index is 0.130. The molecule has 0 aliphatic heterocycles. The number of aliphatic hydroxyl groups excluding tert-OH is 1. The number of benzene rings is 1. The molecule has 5 N–H and O–H groups in total. The third kappa shape index (κ3) is 4.44. The van der Waals surface area contributed by atoms with Gasteiger partial charge >= 0.3 is 0 Å². The van der Waals surface area contributed by atoms with E-state index in [1.807, 2.05) is 20.8 Å². The van der Waals surface area contributed by atoms with E-state index in [1.165, 1.54) is 0 Å². The van der Waals surface area contributed by atoms with Crippen molar-refractivity contribution in [2.24, 2.45) is 5.92 Å². The average molecular weight is 265 g/mol. The molecule has 0 fully saturated rings. The number of nitrogens with one attached hydrogen (secondary N) is 2. The summed E-state index contributed by atoms with van der Waals surface area (Å²) in [5.41, 5.74) is 7.63. The number of anilines is 2. The summed E-state index contributed by atoms with van der Waals surface area (Å²) in [6.07, 6.45) is -0.451. The standard InChI is InChI=1S/C14H23N3O2/c1-4-16-14(19)10-5-6-11(15)12(7-10)17-8-13(18)9(2)3/h5-7,9,13,17-18H,4,8,15H2,1-3H3,(H,16,19). The Morgan fingerprint density at radius 2 is 2.11 bits per heavy atom. The molecule has 5 nitrogen and oxygen atoms in total. The fourth-order valence-electron chi connectivity index (χ4n) is 1.56. The van der Waals surface area contributed by atoms with Crippen molar-refractivity contribution in [3.8, 4) is 0 Å². The Kier molecular flexibility index (Phi) is 5.63. The maximum Gasteiger partial charge on any atom is 0.251 e. The first-order chi connectivity index (χ1) is 8.95. The second-order valence-corrected chi connectivity index (χ2v) is 4.85. The zero-order valence-electron chi connectivity index (χ0n) is 11.7. The summed E-state index contributed by atoms with van der Waals surface area (Å²) in [6, 6.07) is 5.08. The van der Waals surface area contributed by atoms with E-state index in [-0.39, 0.29) is 11.8 Å². The lowest BCUT2D eigenvalue weighted by Gasteiger charge is -2.17. The highest BCUT2D eigenvalue weighted by atomic mass is 16.3. The molecule has 1 atom stereocenters. The minimum atomic E-state index is -0.451. The van der Waals surface area contributed by atoms with Crippen molar-refractivity contribution in [1.82, 2.24) is 5.32 Å². The number of nitrogens with two attached hydrogens (primary N) is 1. The zero-order chi connectivity index (χ0) is 14.4. The quantitative estimate of drug-likeness (QED) is 0.586. The van der Waals surface area contributed by atoms with Gasteiger partial charge in [-0.2, -0.15) is 0 Å². The third-order valence-electron chi connectivity index (χ3n) is 2.92. The Hall–Kier alpha value is -1.75. The van der Waals surface area contributed by atoms with E-state index in [0.29, 0.717) is 30.0 Å². The van der Waals surface area contributed by atoms with Crippen molar-refractivity contribution >= 4 is 17.3 Å². The van der Waals surface area contributed by atoms with Gasteiger partial charge < -0.3 is 21.5 Å². The molecule has 5 heteroatoms. The number of rotatable bonds is 6. The Labute approximate surface area is 114 Å². The van der Waals surface area contributed by atoms with Crippen LogP contribution in [0.2, 0.25) is 0 Å². The normalized spacial score (nSPS) is 12.3. The maximum atomic E-state index is 11.7. The molecule has 1 unspecified atom stereocenters. The van der Waals surface area contributed by atoms with E-state index >= 15 is 0 Å². The summed E-state index contributed by atoms with van der Waals surface area (Å²) in [7, 11) is 0. The van der Waals surface area contributed by atoms with E-state index in [0.717, 1.165) is 0 Å². The fraction of sp³-hybridized carbons (Fsp3) is 0.500. The average Bonchev–Trinajstić information content (AvgIpc) is 2.37. The van der Waals surface area contributed by atoms with E-state index in [1.54, 1.807) is 18.2 Å².